The summed E-state index contributed by atoms with van der Waals surface area (Å²) < 4.78 is 0. The Morgan fingerprint density at radius 3 is 2.50 bits per heavy atom. The number of aromatic nitrogens is 1. The Morgan fingerprint density at radius 1 is 1.33 bits per heavy atom. The van der Waals surface area contributed by atoms with E-state index in [4.69, 9.17) is 11.6 Å². The van der Waals surface area contributed by atoms with Gasteiger partial charge in [-0.3, -0.25) is 0 Å². The molecule has 0 N–H and O–H groups in total. The van der Waals surface area contributed by atoms with Crippen molar-refractivity contribution in [1.29, 1.82) is 0 Å². The highest BCUT2D eigenvalue weighted by molar-refractivity contribution is 7.99. The SMILES string of the molecule is CSc1cc(C)nc(SC)c1Cl. The summed E-state index contributed by atoms with van der Waals surface area (Å²) in [7, 11) is 0. The second-order valence-corrected chi connectivity index (χ2v) is 4.31. The lowest BCUT2D eigenvalue weighted by Crippen LogP contribution is -1.87. The van der Waals surface area contributed by atoms with Gasteiger partial charge in [0.15, 0.2) is 0 Å². The molecule has 1 nitrogen and oxygen atoms in total. The molecule has 1 aromatic rings. The van der Waals surface area contributed by atoms with Crippen LogP contribution in [0, 0.1) is 6.92 Å². The fraction of sp³-hybridized carbons (Fsp3) is 0.375. The van der Waals surface area contributed by atoms with Gasteiger partial charge in [0.1, 0.15) is 5.03 Å². The molecule has 1 aromatic heterocycles. The topological polar surface area (TPSA) is 12.9 Å². The normalized spacial score (nSPS) is 10.3. The van der Waals surface area contributed by atoms with Crippen LogP contribution < -0.4 is 0 Å². The molecule has 0 amide bonds. The van der Waals surface area contributed by atoms with Crippen molar-refractivity contribution < 1.29 is 0 Å². The van der Waals surface area contributed by atoms with Crippen LogP contribution in [-0.2, 0) is 0 Å². The van der Waals surface area contributed by atoms with Crippen LogP contribution in [-0.4, -0.2) is 17.5 Å². The van der Waals surface area contributed by atoms with Gasteiger partial charge >= 0.3 is 0 Å². The van der Waals surface area contributed by atoms with Crippen molar-refractivity contribution in [2.24, 2.45) is 0 Å². The monoisotopic (exact) mass is 219 g/mol. The number of hydrogen-bond donors (Lipinski definition) is 0. The summed E-state index contributed by atoms with van der Waals surface area (Å²) >= 11 is 9.31. The van der Waals surface area contributed by atoms with Crippen LogP contribution in [0.15, 0.2) is 16.0 Å². The zero-order chi connectivity index (χ0) is 9.14. The predicted octanol–water partition coefficient (Wildman–Crippen LogP) is 3.49. The summed E-state index contributed by atoms with van der Waals surface area (Å²) in [5.41, 5.74) is 1.02. The zero-order valence-corrected chi connectivity index (χ0v) is 9.61. The summed E-state index contributed by atoms with van der Waals surface area (Å²) in [6, 6.07) is 2.01. The highest BCUT2D eigenvalue weighted by Crippen LogP contribution is 2.32. The predicted molar refractivity (Wildman–Crippen MR) is 57.5 cm³/mol. The number of hydrogen-bond acceptors (Lipinski definition) is 3. The van der Waals surface area contributed by atoms with Crippen molar-refractivity contribution in [3.63, 3.8) is 0 Å². The molecule has 0 fully saturated rings. The fourth-order valence-corrected chi connectivity index (χ4v) is 2.60. The number of thioether (sulfide) groups is 2. The summed E-state index contributed by atoms with van der Waals surface area (Å²) in [6.45, 7) is 1.98. The van der Waals surface area contributed by atoms with E-state index in [-0.39, 0.29) is 0 Å². The van der Waals surface area contributed by atoms with Crippen LogP contribution in [0.4, 0.5) is 0 Å². The average molecular weight is 220 g/mol. The maximum atomic E-state index is 6.08. The van der Waals surface area contributed by atoms with Crippen LogP contribution >= 0.6 is 35.1 Å². The molecule has 12 heavy (non-hydrogen) atoms. The molecule has 0 saturated heterocycles. The number of nitrogens with zero attached hydrogens (tertiary/aromatic N) is 1. The van der Waals surface area contributed by atoms with Crippen LogP contribution in [0.1, 0.15) is 5.69 Å². The molecule has 1 rings (SSSR count). The third-order valence-electron chi connectivity index (χ3n) is 1.44. The van der Waals surface area contributed by atoms with Crippen LogP contribution in [0.25, 0.3) is 0 Å². The molecule has 0 spiro atoms. The molecule has 0 aliphatic heterocycles. The first-order valence-electron chi connectivity index (χ1n) is 3.44. The maximum absolute atomic E-state index is 6.08. The molecule has 66 valence electrons. The van der Waals surface area contributed by atoms with E-state index >= 15 is 0 Å². The largest absolute Gasteiger partial charge is 0.245 e. The number of rotatable bonds is 2. The Morgan fingerprint density at radius 2 is 2.00 bits per heavy atom. The van der Waals surface area contributed by atoms with Gasteiger partial charge in [0.05, 0.1) is 5.02 Å². The van der Waals surface area contributed by atoms with Crippen molar-refractivity contribution in [1.82, 2.24) is 4.98 Å². The Labute approximate surface area is 86.3 Å². The first-order chi connectivity index (χ1) is 5.69. The Kier molecular flexibility index (Phi) is 3.75. The lowest BCUT2D eigenvalue weighted by atomic mass is 10.4. The van der Waals surface area contributed by atoms with Gasteiger partial charge in [-0.1, -0.05) is 11.6 Å². The van der Waals surface area contributed by atoms with Crippen molar-refractivity contribution in [3.05, 3.63) is 16.8 Å². The molecule has 0 bridgehead atoms. The highest BCUT2D eigenvalue weighted by atomic mass is 35.5. The van der Waals surface area contributed by atoms with Gasteiger partial charge in [-0.15, -0.1) is 23.5 Å². The first-order valence-corrected chi connectivity index (χ1v) is 6.27. The fourth-order valence-electron chi connectivity index (χ4n) is 0.884. The molecule has 0 atom stereocenters. The van der Waals surface area contributed by atoms with Crippen LogP contribution in [0.3, 0.4) is 0 Å². The van der Waals surface area contributed by atoms with E-state index in [2.05, 4.69) is 4.98 Å². The quantitative estimate of drug-likeness (QED) is 0.707. The summed E-state index contributed by atoms with van der Waals surface area (Å²) in [4.78, 5) is 5.42. The highest BCUT2D eigenvalue weighted by Gasteiger charge is 2.06. The molecule has 1 heterocycles. The number of pyridine rings is 1. The second-order valence-electron chi connectivity index (χ2n) is 2.29. The van der Waals surface area contributed by atoms with Crippen LogP contribution in [0.5, 0.6) is 0 Å². The summed E-state index contributed by atoms with van der Waals surface area (Å²) in [5, 5.41) is 1.70. The van der Waals surface area contributed by atoms with Gasteiger partial charge < -0.3 is 0 Å². The van der Waals surface area contributed by atoms with E-state index < -0.39 is 0 Å². The molecule has 0 radical (unpaired) electrons. The molecular formula is C8H10ClNS2. The van der Waals surface area contributed by atoms with Gasteiger partial charge in [-0.05, 0) is 25.5 Å². The third kappa shape index (κ3) is 2.09. The van der Waals surface area contributed by atoms with Gasteiger partial charge in [-0.2, -0.15) is 0 Å². The first kappa shape index (κ1) is 10.2. The van der Waals surface area contributed by atoms with E-state index in [0.29, 0.717) is 0 Å². The Balaban J connectivity index is 3.22. The smallest absolute Gasteiger partial charge is 0.116 e. The van der Waals surface area contributed by atoms with Crippen molar-refractivity contribution in [3.8, 4) is 0 Å². The minimum absolute atomic E-state index is 0.778. The van der Waals surface area contributed by atoms with Crippen molar-refractivity contribution in [2.45, 2.75) is 16.8 Å². The van der Waals surface area contributed by atoms with E-state index in [9.17, 15) is 0 Å². The second kappa shape index (κ2) is 4.40. The standard InChI is InChI=1S/C8H10ClNS2/c1-5-4-6(11-2)7(9)8(10-5)12-3/h4H,1-3H3. The molecule has 0 unspecified atom stereocenters. The van der Waals surface area contributed by atoms with Gasteiger partial charge in [0, 0.05) is 10.6 Å². The molecule has 0 saturated carbocycles. The van der Waals surface area contributed by atoms with E-state index in [1.807, 2.05) is 25.5 Å². The minimum atomic E-state index is 0.778. The van der Waals surface area contributed by atoms with Crippen LogP contribution in [0.2, 0.25) is 5.02 Å². The van der Waals surface area contributed by atoms with E-state index in [1.165, 1.54) is 0 Å². The minimum Gasteiger partial charge on any atom is -0.245 e. The van der Waals surface area contributed by atoms with Gasteiger partial charge in [-0.25, -0.2) is 4.98 Å². The lowest BCUT2D eigenvalue weighted by Gasteiger charge is -2.05. The number of halogens is 1. The Bertz CT molecular complexity index is 263. The molecule has 0 aromatic carbocycles. The number of aryl methyl sites for hydroxylation is 1. The van der Waals surface area contributed by atoms with Crippen molar-refractivity contribution in [2.75, 3.05) is 12.5 Å². The zero-order valence-electron chi connectivity index (χ0n) is 7.22. The van der Waals surface area contributed by atoms with Gasteiger partial charge in [0.2, 0.25) is 0 Å². The van der Waals surface area contributed by atoms with Crippen molar-refractivity contribution >= 4 is 35.1 Å². The summed E-state index contributed by atoms with van der Waals surface area (Å²) in [6.07, 6.45) is 4.00. The molecule has 4 heteroatoms. The third-order valence-corrected chi connectivity index (χ3v) is 3.49. The lowest BCUT2D eigenvalue weighted by molar-refractivity contribution is 1.03. The average Bonchev–Trinajstić information content (AvgIpc) is 2.08. The van der Waals surface area contributed by atoms with E-state index in [1.54, 1.807) is 23.5 Å². The molecular weight excluding hydrogens is 210 g/mol. The maximum Gasteiger partial charge on any atom is 0.116 e. The molecule has 0 aliphatic carbocycles. The Hall–Kier alpha value is 0.140. The van der Waals surface area contributed by atoms with E-state index in [0.717, 1.165) is 20.6 Å². The van der Waals surface area contributed by atoms with Gasteiger partial charge in [0.25, 0.3) is 0 Å². The molecule has 0 aliphatic rings. The summed E-state index contributed by atoms with van der Waals surface area (Å²) in [5.74, 6) is 0.